The number of carbonyl (C=O) groups excluding carboxylic acids is 1. The molecule has 0 aliphatic carbocycles. The van der Waals surface area contributed by atoms with Crippen LogP contribution in [0.3, 0.4) is 0 Å². The van der Waals surface area contributed by atoms with Crippen molar-refractivity contribution in [2.24, 2.45) is 10.7 Å². The number of guanidine groups is 1. The molecular weight excluding hydrogens is 299 g/mol. The van der Waals surface area contributed by atoms with Crippen LogP contribution in [0.25, 0.3) is 0 Å². The summed E-state index contributed by atoms with van der Waals surface area (Å²) in [4.78, 5) is 14.5. The number of halogens is 1. The van der Waals surface area contributed by atoms with Crippen molar-refractivity contribution < 1.29 is 17.6 Å². The minimum absolute atomic E-state index is 0.0722. The monoisotopic (exact) mass is 316 g/mol. The van der Waals surface area contributed by atoms with Gasteiger partial charge in [-0.25, -0.2) is 17.1 Å². The second-order valence-electron chi connectivity index (χ2n) is 4.29. The molecular formula is C12H17FN4O3S. The normalized spacial score (nSPS) is 12.1. The summed E-state index contributed by atoms with van der Waals surface area (Å²) in [5.41, 5.74) is 5.68. The number of anilines is 1. The minimum atomic E-state index is -3.87. The van der Waals surface area contributed by atoms with Crippen LogP contribution >= 0.6 is 0 Å². The lowest BCUT2D eigenvalue weighted by Gasteiger charge is -2.18. The van der Waals surface area contributed by atoms with Gasteiger partial charge in [0.1, 0.15) is 5.82 Å². The van der Waals surface area contributed by atoms with Gasteiger partial charge in [-0.05, 0) is 18.2 Å². The van der Waals surface area contributed by atoms with E-state index in [9.17, 15) is 17.6 Å². The van der Waals surface area contributed by atoms with E-state index in [1.54, 1.807) is 0 Å². The molecule has 0 radical (unpaired) electrons. The first-order valence-electron chi connectivity index (χ1n) is 5.92. The van der Waals surface area contributed by atoms with Gasteiger partial charge in [0.25, 0.3) is 0 Å². The average molecular weight is 316 g/mol. The number of hydrogen-bond donors (Lipinski definition) is 2. The SMILES string of the molecule is CN=C(N)N(C)S(=O)(=O)Cc1cc(NC(C)=O)ccc1F. The van der Waals surface area contributed by atoms with Crippen molar-refractivity contribution >= 4 is 27.6 Å². The average Bonchev–Trinajstić information content (AvgIpc) is 2.39. The molecule has 0 atom stereocenters. The molecule has 0 heterocycles. The number of benzene rings is 1. The summed E-state index contributed by atoms with van der Waals surface area (Å²) in [5.74, 6) is -1.82. The summed E-state index contributed by atoms with van der Waals surface area (Å²) < 4.78 is 38.7. The highest BCUT2D eigenvalue weighted by Gasteiger charge is 2.22. The van der Waals surface area contributed by atoms with Crippen LogP contribution in [-0.4, -0.2) is 38.7 Å². The fraction of sp³-hybridized carbons (Fsp3) is 0.333. The van der Waals surface area contributed by atoms with Crippen molar-refractivity contribution in [1.82, 2.24) is 4.31 Å². The molecule has 1 aromatic carbocycles. The number of aliphatic imine (C=N–C) groups is 1. The third-order valence-electron chi connectivity index (χ3n) is 2.67. The zero-order chi connectivity index (χ0) is 16.2. The Morgan fingerprint density at radius 3 is 2.62 bits per heavy atom. The van der Waals surface area contributed by atoms with E-state index in [0.29, 0.717) is 5.69 Å². The van der Waals surface area contributed by atoms with Crippen molar-refractivity contribution in [3.05, 3.63) is 29.6 Å². The van der Waals surface area contributed by atoms with Gasteiger partial charge in [-0.3, -0.25) is 9.79 Å². The van der Waals surface area contributed by atoms with E-state index in [1.165, 1.54) is 33.2 Å². The third-order valence-corrected chi connectivity index (χ3v) is 4.37. The molecule has 0 bridgehead atoms. The molecule has 1 aromatic rings. The molecule has 3 N–H and O–H groups in total. The number of carbonyl (C=O) groups is 1. The molecule has 0 saturated carbocycles. The van der Waals surface area contributed by atoms with Crippen LogP contribution in [0.15, 0.2) is 23.2 Å². The predicted octanol–water partition coefficient (Wildman–Crippen LogP) is 0.490. The van der Waals surface area contributed by atoms with Crippen molar-refractivity contribution in [3.8, 4) is 0 Å². The lowest BCUT2D eigenvalue weighted by Crippen LogP contribution is -2.39. The highest BCUT2D eigenvalue weighted by atomic mass is 32.2. The van der Waals surface area contributed by atoms with Crippen LogP contribution in [0, 0.1) is 5.82 Å². The first-order chi connectivity index (χ1) is 9.67. The number of hydrogen-bond acceptors (Lipinski definition) is 4. The number of nitrogens with one attached hydrogen (secondary N) is 1. The third kappa shape index (κ3) is 4.42. The van der Waals surface area contributed by atoms with Gasteiger partial charge in [0.15, 0.2) is 0 Å². The van der Waals surface area contributed by atoms with E-state index in [0.717, 1.165) is 10.4 Å². The molecule has 1 amide bonds. The summed E-state index contributed by atoms with van der Waals surface area (Å²) in [6.07, 6.45) is 0. The molecule has 1 rings (SSSR count). The van der Waals surface area contributed by atoms with Crippen LogP contribution in [0.4, 0.5) is 10.1 Å². The van der Waals surface area contributed by atoms with Gasteiger partial charge in [0.05, 0.1) is 5.75 Å². The Labute approximate surface area is 122 Å². The second-order valence-corrected chi connectivity index (χ2v) is 6.29. The van der Waals surface area contributed by atoms with E-state index >= 15 is 0 Å². The molecule has 0 fully saturated rings. The van der Waals surface area contributed by atoms with Crippen LogP contribution in [0.1, 0.15) is 12.5 Å². The second kappa shape index (κ2) is 6.53. The Morgan fingerprint density at radius 1 is 1.48 bits per heavy atom. The Balaban J connectivity index is 3.09. The Bertz CT molecular complexity index is 673. The zero-order valence-electron chi connectivity index (χ0n) is 11.9. The zero-order valence-corrected chi connectivity index (χ0v) is 12.7. The van der Waals surface area contributed by atoms with Crippen LogP contribution in [0.2, 0.25) is 0 Å². The molecule has 0 spiro atoms. The van der Waals surface area contributed by atoms with Gasteiger partial charge < -0.3 is 11.1 Å². The van der Waals surface area contributed by atoms with Crippen molar-refractivity contribution in [2.75, 3.05) is 19.4 Å². The lowest BCUT2D eigenvalue weighted by atomic mass is 10.2. The maximum absolute atomic E-state index is 13.7. The Morgan fingerprint density at radius 2 is 2.10 bits per heavy atom. The quantitative estimate of drug-likeness (QED) is 0.623. The van der Waals surface area contributed by atoms with Gasteiger partial charge >= 0.3 is 0 Å². The molecule has 0 unspecified atom stereocenters. The molecule has 9 heteroatoms. The largest absolute Gasteiger partial charge is 0.369 e. The molecule has 0 aliphatic heterocycles. The first kappa shape index (κ1) is 16.9. The Kier molecular flexibility index (Phi) is 5.25. The maximum atomic E-state index is 13.7. The highest BCUT2D eigenvalue weighted by molar-refractivity contribution is 7.88. The lowest BCUT2D eigenvalue weighted by molar-refractivity contribution is -0.114. The van der Waals surface area contributed by atoms with Crippen molar-refractivity contribution in [1.29, 1.82) is 0 Å². The summed E-state index contributed by atoms with van der Waals surface area (Å²) in [6.45, 7) is 1.30. The van der Waals surface area contributed by atoms with Gasteiger partial charge in [-0.15, -0.1) is 0 Å². The van der Waals surface area contributed by atoms with E-state index < -0.39 is 21.6 Å². The number of nitrogens with two attached hydrogens (primary N) is 1. The molecule has 7 nitrogen and oxygen atoms in total. The number of nitrogens with zero attached hydrogens (tertiary/aromatic N) is 2. The number of sulfonamides is 1. The fourth-order valence-corrected chi connectivity index (χ4v) is 2.72. The molecule has 0 aromatic heterocycles. The predicted molar refractivity (Wildman–Crippen MR) is 78.6 cm³/mol. The van der Waals surface area contributed by atoms with E-state index in [1.807, 2.05) is 0 Å². The first-order valence-corrected chi connectivity index (χ1v) is 7.53. The van der Waals surface area contributed by atoms with E-state index in [2.05, 4.69) is 10.3 Å². The van der Waals surface area contributed by atoms with Gasteiger partial charge in [0.2, 0.25) is 21.9 Å². The van der Waals surface area contributed by atoms with Crippen LogP contribution in [0.5, 0.6) is 0 Å². The highest BCUT2D eigenvalue weighted by Crippen LogP contribution is 2.18. The standard InChI is InChI=1S/C12H17FN4O3S/c1-8(18)16-10-4-5-11(13)9(6-10)7-21(19,20)17(3)12(14)15-2/h4-6H,7H2,1-3H3,(H2,14,15)(H,16,18). The van der Waals surface area contributed by atoms with Gasteiger partial charge in [-0.2, -0.15) is 0 Å². The van der Waals surface area contributed by atoms with Crippen molar-refractivity contribution in [2.45, 2.75) is 12.7 Å². The van der Waals surface area contributed by atoms with E-state index in [4.69, 9.17) is 5.73 Å². The molecule has 0 saturated heterocycles. The van der Waals surface area contributed by atoms with Gasteiger partial charge in [-0.1, -0.05) is 0 Å². The van der Waals surface area contributed by atoms with Gasteiger partial charge in [0, 0.05) is 32.3 Å². The van der Waals surface area contributed by atoms with E-state index in [-0.39, 0.29) is 17.4 Å². The number of rotatable bonds is 4. The topological polar surface area (TPSA) is 105 Å². The molecule has 21 heavy (non-hydrogen) atoms. The van der Waals surface area contributed by atoms with Crippen molar-refractivity contribution in [3.63, 3.8) is 0 Å². The van der Waals surface area contributed by atoms with Crippen LogP contribution in [-0.2, 0) is 20.6 Å². The summed E-state index contributed by atoms with van der Waals surface area (Å²) in [5, 5.41) is 2.46. The Hall–Kier alpha value is -2.16. The maximum Gasteiger partial charge on any atom is 0.241 e. The summed E-state index contributed by atoms with van der Waals surface area (Å²) in [7, 11) is -1.29. The van der Waals surface area contributed by atoms with Crippen LogP contribution < -0.4 is 11.1 Å². The summed E-state index contributed by atoms with van der Waals surface area (Å²) >= 11 is 0. The summed E-state index contributed by atoms with van der Waals surface area (Å²) in [6, 6.07) is 3.70. The minimum Gasteiger partial charge on any atom is -0.369 e. The number of amides is 1. The molecule has 0 aliphatic rings. The molecule has 116 valence electrons. The smallest absolute Gasteiger partial charge is 0.241 e. The fourth-order valence-electron chi connectivity index (χ4n) is 1.54.